The van der Waals surface area contributed by atoms with E-state index in [1.807, 2.05) is 0 Å². The minimum absolute atomic E-state index is 0.0328. The SMILES string of the molecule is [2H]C([2H])([2H])C([2H])(C([2H])([2H])[2H])[C@]([2H])(NC(=O)OC)C(=O)N1CCC[C@H]1c1nc2ccc(-c3ccc(-c4ccc5nc([C@@H]6CCCN6C(=O)[C@@]([2H])(NC(=O)OC)C([2H])(C([2H])([2H])[2H])C([2H])([2H])[2H])[nH]c5c4)c(OC(F)(F)F)c3)cc2[nH]1. The van der Waals surface area contributed by atoms with Crippen LogP contribution in [0.25, 0.3) is 44.3 Å². The lowest BCUT2D eigenvalue weighted by Crippen LogP contribution is -2.51. The zero-order valence-corrected chi connectivity index (χ0v) is 32.4. The predicted octanol–water partition coefficient (Wildman–Crippen LogP) is 7.76. The number of nitrogens with zero attached hydrogens (tertiary/aromatic N) is 4. The number of aromatic amines is 2. The number of aromatic nitrogens is 4. The summed E-state index contributed by atoms with van der Waals surface area (Å²) in [6.07, 6.45) is -7.62. The van der Waals surface area contributed by atoms with Crippen LogP contribution >= 0.6 is 0 Å². The van der Waals surface area contributed by atoms with Crippen LogP contribution in [0.2, 0.25) is 0 Å². The van der Waals surface area contributed by atoms with Gasteiger partial charge in [0.05, 0.1) is 51.1 Å². The maximum Gasteiger partial charge on any atom is 0.573 e. The first-order chi connectivity index (χ1) is 35.4. The Balaban J connectivity index is 1.20. The normalized spacial score (nSPS) is 24.0. The number of alkyl carbamates (subject to hydrolysis) is 2. The molecule has 2 aromatic heterocycles. The number of methoxy groups -OCH3 is 2. The maximum absolute atomic E-state index is 14.3. The average Bonchev–Trinajstić information content (AvgIpc) is 4.17. The Morgan fingerprint density at radius 2 is 1.20 bits per heavy atom. The topological polar surface area (TPSA) is 184 Å². The Bertz CT molecular complexity index is 3080. The second-order valence-corrected chi connectivity index (χ2v) is 14.0. The molecule has 2 fully saturated rings. The van der Waals surface area contributed by atoms with Crippen molar-refractivity contribution in [1.29, 1.82) is 0 Å². The summed E-state index contributed by atoms with van der Waals surface area (Å²) in [5.74, 6) is -11.5. The van der Waals surface area contributed by atoms with Gasteiger partial charge in [-0.2, -0.15) is 0 Å². The number of fused-ring (bicyclic) bond motifs is 2. The summed E-state index contributed by atoms with van der Waals surface area (Å²) in [6, 6.07) is 3.29. The van der Waals surface area contributed by atoms with Gasteiger partial charge < -0.3 is 44.6 Å². The fraction of sp³-hybridized carbons (Fsp3) is 0.442. The molecule has 2 aliphatic heterocycles. The second kappa shape index (κ2) is 17.3. The Morgan fingerprint density at radius 3 is 1.67 bits per heavy atom. The lowest BCUT2D eigenvalue weighted by molar-refractivity contribution is -0.274. The highest BCUT2D eigenvalue weighted by Crippen LogP contribution is 2.40. The smallest absolute Gasteiger partial charge is 0.453 e. The zero-order chi connectivity index (χ0) is 57.4. The van der Waals surface area contributed by atoms with Crippen LogP contribution in [0.4, 0.5) is 22.8 Å². The van der Waals surface area contributed by atoms with Crippen LogP contribution in [0.15, 0.2) is 54.6 Å². The highest BCUT2D eigenvalue weighted by Gasteiger charge is 2.39. The molecular formula is C43H49F3N8O7. The van der Waals surface area contributed by atoms with E-state index in [0.29, 0.717) is 5.56 Å². The van der Waals surface area contributed by atoms with Crippen molar-refractivity contribution in [1.82, 2.24) is 40.4 Å². The van der Waals surface area contributed by atoms with Crippen molar-refractivity contribution in [3.05, 3.63) is 66.2 Å². The molecule has 18 heteroatoms. The van der Waals surface area contributed by atoms with Crippen LogP contribution in [0, 0.1) is 11.8 Å². The molecule has 0 bridgehead atoms. The number of imidazole rings is 2. The molecule has 5 aromatic rings. The van der Waals surface area contributed by atoms with Gasteiger partial charge in [0.25, 0.3) is 0 Å². The monoisotopic (exact) mass is 862 g/mol. The van der Waals surface area contributed by atoms with E-state index in [-0.39, 0.29) is 89.2 Å². The largest absolute Gasteiger partial charge is 0.573 e. The molecule has 0 saturated carbocycles. The van der Waals surface area contributed by atoms with E-state index in [4.69, 9.17) is 21.9 Å². The standard InChI is InChI=1S/C43H49F3N8O7/c1-22(2)35(51-41(57)59-5)39(55)53-17-7-9-32(53)37-47-28-15-12-24(19-30(28)49-37)25-11-14-27(34(21-25)61-43(44,45)46)26-13-16-29-31(20-26)50-38(48-29)33-10-8-18-54(33)40(56)36(23(3)4)52-42(58)60-6/h11-16,19-23,32-33,35-36H,7-10,17-18H2,1-6H3,(H,47,49)(H,48,50)(H,51,57)(H,52,58)/t32-,33-,35-,36-/m0/s1/i1D3,2D3,3D3,4D3,22D,23D,35D,36D. The van der Waals surface area contributed by atoms with Gasteiger partial charge in [0, 0.05) is 37.8 Å². The number of H-pyrrole nitrogens is 2. The number of ether oxygens (including phenoxy) is 3. The quantitative estimate of drug-likeness (QED) is 0.103. The molecule has 4 atom stereocenters. The minimum atomic E-state index is -5.20. The summed E-state index contributed by atoms with van der Waals surface area (Å²) >= 11 is 0. The van der Waals surface area contributed by atoms with E-state index in [2.05, 4.69) is 34.1 Å². The van der Waals surface area contributed by atoms with Gasteiger partial charge in [-0.05, 0) is 84.5 Å². The molecule has 3 aromatic carbocycles. The molecule has 0 aliphatic carbocycles. The van der Waals surface area contributed by atoms with Gasteiger partial charge in [0.15, 0.2) is 0 Å². The van der Waals surface area contributed by atoms with E-state index in [0.717, 1.165) is 30.1 Å². The van der Waals surface area contributed by atoms with Gasteiger partial charge in [-0.3, -0.25) is 9.59 Å². The molecule has 324 valence electrons. The number of hydrogen-bond acceptors (Lipinski definition) is 9. The number of halogens is 3. The summed E-state index contributed by atoms with van der Waals surface area (Å²) in [4.78, 5) is 70.5. The van der Waals surface area contributed by atoms with E-state index < -0.39 is 99.4 Å². The fourth-order valence-corrected chi connectivity index (χ4v) is 7.50. The van der Waals surface area contributed by atoms with Gasteiger partial charge in [0.2, 0.25) is 11.8 Å². The second-order valence-electron chi connectivity index (χ2n) is 14.0. The molecule has 2 saturated heterocycles. The first-order valence-corrected chi connectivity index (χ1v) is 18.6. The molecule has 4 heterocycles. The Labute approximate surface area is 372 Å². The van der Waals surface area contributed by atoms with Crippen molar-refractivity contribution in [3.63, 3.8) is 0 Å². The number of benzene rings is 3. The van der Waals surface area contributed by atoms with Crippen molar-refractivity contribution >= 4 is 46.1 Å². The van der Waals surface area contributed by atoms with Gasteiger partial charge in [0.1, 0.15) is 29.4 Å². The third-order valence-electron chi connectivity index (χ3n) is 10.3. The minimum Gasteiger partial charge on any atom is -0.453 e. The predicted molar refractivity (Wildman–Crippen MR) is 219 cm³/mol. The average molecular weight is 863 g/mol. The van der Waals surface area contributed by atoms with Crippen LogP contribution in [0.1, 0.15) is 98.8 Å². The van der Waals surface area contributed by atoms with Gasteiger partial charge in [-0.15, -0.1) is 13.2 Å². The van der Waals surface area contributed by atoms with Crippen molar-refractivity contribution in [2.75, 3.05) is 27.3 Å². The third-order valence-corrected chi connectivity index (χ3v) is 10.3. The number of amides is 4. The van der Waals surface area contributed by atoms with Gasteiger partial charge in [-0.1, -0.05) is 51.7 Å². The number of hydrogen-bond donors (Lipinski definition) is 4. The molecular weight excluding hydrogens is 798 g/mol. The first-order valence-electron chi connectivity index (χ1n) is 26.6. The van der Waals surface area contributed by atoms with E-state index >= 15 is 0 Å². The molecule has 0 spiro atoms. The molecule has 15 nitrogen and oxygen atoms in total. The number of rotatable bonds is 11. The Morgan fingerprint density at radius 1 is 0.738 bits per heavy atom. The van der Waals surface area contributed by atoms with E-state index in [9.17, 15) is 32.3 Å². The van der Waals surface area contributed by atoms with E-state index in [1.165, 1.54) is 48.5 Å². The maximum atomic E-state index is 14.3. The van der Waals surface area contributed by atoms with Crippen LogP contribution in [-0.4, -0.2) is 99.4 Å². The van der Waals surface area contributed by atoms with Crippen molar-refractivity contribution in [3.8, 4) is 28.0 Å². The van der Waals surface area contributed by atoms with Crippen molar-refractivity contribution in [2.45, 2.75) is 83.6 Å². The van der Waals surface area contributed by atoms with Crippen LogP contribution in [0.5, 0.6) is 5.75 Å². The van der Waals surface area contributed by atoms with Crippen molar-refractivity contribution < 1.29 is 68.5 Å². The molecule has 61 heavy (non-hydrogen) atoms. The van der Waals surface area contributed by atoms with Crippen LogP contribution in [-0.2, 0) is 19.1 Å². The molecule has 7 rings (SSSR count). The highest BCUT2D eigenvalue weighted by molar-refractivity contribution is 5.89. The third kappa shape index (κ3) is 9.07. The Kier molecular flexibility index (Phi) is 7.61. The molecule has 0 radical (unpaired) electrons. The molecule has 4 amide bonds. The van der Waals surface area contributed by atoms with E-state index in [1.54, 1.807) is 10.6 Å². The fourth-order valence-electron chi connectivity index (χ4n) is 7.50. The number of alkyl halides is 3. The highest BCUT2D eigenvalue weighted by atomic mass is 19.4. The van der Waals surface area contributed by atoms with Crippen molar-refractivity contribution in [2.24, 2.45) is 11.8 Å². The number of likely N-dealkylation sites (tertiary alicyclic amines) is 2. The molecule has 2 aliphatic rings. The summed E-state index contributed by atoms with van der Waals surface area (Å²) in [5, 5.41) is 3.40. The molecule has 0 unspecified atom stereocenters. The number of carbonyl (C=O) groups is 4. The summed E-state index contributed by atoms with van der Waals surface area (Å²) < 4.78 is 187. The zero-order valence-electron chi connectivity index (χ0n) is 48.4. The lowest BCUT2D eigenvalue weighted by atomic mass is 9.98. The summed E-state index contributed by atoms with van der Waals surface area (Å²) in [5.41, 5.74) is 1.65. The van der Waals surface area contributed by atoms with Gasteiger partial charge >= 0.3 is 18.5 Å². The Hall–Kier alpha value is -6.33. The first kappa shape index (κ1) is 26.8. The van der Waals surface area contributed by atoms with Crippen LogP contribution in [0.3, 0.4) is 0 Å². The number of nitrogens with one attached hydrogen (secondary N) is 4. The summed E-state index contributed by atoms with van der Waals surface area (Å²) in [6.45, 7) is -15.7. The number of carbonyl (C=O) groups excluding carboxylic acids is 4. The van der Waals surface area contributed by atoms with Gasteiger partial charge in [-0.25, -0.2) is 19.6 Å². The van der Waals surface area contributed by atoms with Crippen LogP contribution < -0.4 is 15.4 Å². The molecule has 4 N–H and O–H groups in total. The lowest BCUT2D eigenvalue weighted by Gasteiger charge is -2.29. The summed E-state index contributed by atoms with van der Waals surface area (Å²) in [7, 11) is 1.64.